The normalized spacial score (nSPS) is 16.0. The summed E-state index contributed by atoms with van der Waals surface area (Å²) >= 11 is 3.41. The van der Waals surface area contributed by atoms with Gasteiger partial charge in [0.25, 0.3) is 0 Å². The summed E-state index contributed by atoms with van der Waals surface area (Å²) < 4.78 is 0.991. The van der Waals surface area contributed by atoms with E-state index in [1.165, 1.54) is 0 Å². The van der Waals surface area contributed by atoms with Crippen LogP contribution in [0.3, 0.4) is 0 Å². The number of rotatable bonds is 4. The van der Waals surface area contributed by atoms with Crippen molar-refractivity contribution in [3.63, 3.8) is 0 Å². The van der Waals surface area contributed by atoms with Crippen LogP contribution in [-0.4, -0.2) is 61.4 Å². The minimum Gasteiger partial charge on any atom is -0.358 e. The number of carbonyl (C=O) groups is 2. The topological polar surface area (TPSA) is 52.7 Å². The number of halogens is 1. The number of hydrogen-bond acceptors (Lipinski definition) is 3. The zero-order valence-electron chi connectivity index (χ0n) is 12.6. The van der Waals surface area contributed by atoms with Crippen molar-refractivity contribution in [3.8, 4) is 0 Å². The molecule has 5 nitrogen and oxygen atoms in total. The molecule has 0 saturated carbocycles. The molecule has 1 aromatic carbocycles. The second-order valence-electron chi connectivity index (χ2n) is 5.16. The molecule has 0 aromatic heterocycles. The molecular weight excluding hydrogens is 346 g/mol. The first kappa shape index (κ1) is 16.7. The van der Waals surface area contributed by atoms with Gasteiger partial charge >= 0.3 is 0 Å². The number of nitrogens with one attached hydrogen (secondary N) is 1. The predicted octanol–water partition coefficient (Wildman–Crippen LogP) is 1.35. The van der Waals surface area contributed by atoms with E-state index in [1.54, 1.807) is 13.1 Å². The Morgan fingerprint density at radius 3 is 2.64 bits per heavy atom. The highest BCUT2D eigenvalue weighted by Crippen LogP contribution is 2.13. The summed E-state index contributed by atoms with van der Waals surface area (Å²) in [5.41, 5.74) is 0.987. The Kier molecular flexibility index (Phi) is 6.15. The number of hydrogen-bond donors (Lipinski definition) is 1. The minimum atomic E-state index is 0.00864. The van der Waals surface area contributed by atoms with E-state index in [-0.39, 0.29) is 11.8 Å². The van der Waals surface area contributed by atoms with E-state index in [2.05, 4.69) is 26.1 Å². The molecule has 0 bridgehead atoms. The number of amides is 2. The molecule has 1 aliphatic heterocycles. The lowest BCUT2D eigenvalue weighted by atomic mass is 10.2. The smallest absolute Gasteiger partial charge is 0.246 e. The summed E-state index contributed by atoms with van der Waals surface area (Å²) in [6.07, 6.45) is 3.43. The molecule has 118 valence electrons. The van der Waals surface area contributed by atoms with Gasteiger partial charge in [0.05, 0.1) is 6.54 Å². The van der Waals surface area contributed by atoms with Crippen molar-refractivity contribution in [1.82, 2.24) is 15.1 Å². The molecule has 6 heteroatoms. The second kappa shape index (κ2) is 8.10. The van der Waals surface area contributed by atoms with Crippen LogP contribution in [0.25, 0.3) is 6.08 Å². The zero-order valence-corrected chi connectivity index (χ0v) is 14.2. The van der Waals surface area contributed by atoms with Crippen LogP contribution in [0.1, 0.15) is 5.56 Å². The highest BCUT2D eigenvalue weighted by atomic mass is 79.9. The van der Waals surface area contributed by atoms with Crippen molar-refractivity contribution < 1.29 is 9.59 Å². The van der Waals surface area contributed by atoms with Crippen LogP contribution in [0, 0.1) is 0 Å². The lowest BCUT2D eigenvalue weighted by Crippen LogP contribution is -2.50. The molecule has 1 fully saturated rings. The van der Waals surface area contributed by atoms with Gasteiger partial charge in [0.1, 0.15) is 0 Å². The maximum absolute atomic E-state index is 12.2. The largest absolute Gasteiger partial charge is 0.358 e. The highest BCUT2D eigenvalue weighted by Gasteiger charge is 2.20. The Bertz CT molecular complexity index is 566. The van der Waals surface area contributed by atoms with E-state index >= 15 is 0 Å². The first-order chi connectivity index (χ1) is 10.6. The maximum Gasteiger partial charge on any atom is 0.246 e. The Hall–Kier alpha value is -1.66. The minimum absolute atomic E-state index is 0.00864. The van der Waals surface area contributed by atoms with E-state index < -0.39 is 0 Å². The zero-order chi connectivity index (χ0) is 15.9. The maximum atomic E-state index is 12.2. The lowest BCUT2D eigenvalue weighted by molar-refractivity contribution is -0.128. The van der Waals surface area contributed by atoms with Crippen molar-refractivity contribution >= 4 is 33.8 Å². The second-order valence-corrected chi connectivity index (χ2v) is 6.08. The highest BCUT2D eigenvalue weighted by molar-refractivity contribution is 9.10. The summed E-state index contributed by atoms with van der Waals surface area (Å²) in [5, 5.41) is 2.61. The first-order valence-electron chi connectivity index (χ1n) is 7.24. The Morgan fingerprint density at radius 1 is 1.27 bits per heavy atom. The fraction of sp³-hybridized carbons (Fsp3) is 0.375. The summed E-state index contributed by atoms with van der Waals surface area (Å²) in [6, 6.07) is 7.80. The molecule has 2 rings (SSSR count). The van der Waals surface area contributed by atoms with Crippen molar-refractivity contribution in [2.45, 2.75) is 0 Å². The number of piperazine rings is 1. The Morgan fingerprint density at radius 2 is 2.00 bits per heavy atom. The van der Waals surface area contributed by atoms with Gasteiger partial charge in [-0.2, -0.15) is 0 Å². The van der Waals surface area contributed by atoms with Crippen LogP contribution in [0.5, 0.6) is 0 Å². The molecule has 1 saturated heterocycles. The molecule has 1 heterocycles. The van der Waals surface area contributed by atoms with Crippen LogP contribution in [0.2, 0.25) is 0 Å². The van der Waals surface area contributed by atoms with E-state index in [1.807, 2.05) is 35.2 Å². The molecule has 1 aromatic rings. The summed E-state index contributed by atoms with van der Waals surface area (Å²) in [6.45, 7) is 3.15. The first-order valence-corrected chi connectivity index (χ1v) is 8.03. The predicted molar refractivity (Wildman–Crippen MR) is 90.3 cm³/mol. The molecule has 1 aliphatic rings. The van der Waals surface area contributed by atoms with Crippen LogP contribution >= 0.6 is 15.9 Å². The lowest BCUT2D eigenvalue weighted by Gasteiger charge is -2.33. The Balaban J connectivity index is 1.83. The van der Waals surface area contributed by atoms with Gasteiger partial charge in [-0.05, 0) is 23.8 Å². The fourth-order valence-corrected chi connectivity index (χ4v) is 2.71. The molecule has 0 unspecified atom stereocenters. The van der Waals surface area contributed by atoms with Crippen molar-refractivity contribution in [3.05, 3.63) is 40.4 Å². The van der Waals surface area contributed by atoms with Gasteiger partial charge in [0.2, 0.25) is 11.8 Å². The third-order valence-electron chi connectivity index (χ3n) is 3.60. The average molecular weight is 366 g/mol. The summed E-state index contributed by atoms with van der Waals surface area (Å²) in [5.74, 6) is 0.0221. The van der Waals surface area contributed by atoms with E-state index in [0.29, 0.717) is 19.6 Å². The molecular formula is C16H20BrN3O2. The fourth-order valence-electron chi connectivity index (χ4n) is 2.29. The third kappa shape index (κ3) is 4.96. The number of benzene rings is 1. The van der Waals surface area contributed by atoms with E-state index in [9.17, 15) is 9.59 Å². The van der Waals surface area contributed by atoms with Crippen molar-refractivity contribution in [1.29, 1.82) is 0 Å². The standard InChI is InChI=1S/C16H20BrN3O2/c1-18-15(21)12-19-7-9-20(10-8-19)16(22)6-5-13-3-2-4-14(17)11-13/h2-6,11H,7-10,12H2,1H3,(H,18,21)/b6-5+. The SMILES string of the molecule is CNC(=O)CN1CCN(C(=O)/C=C/c2cccc(Br)c2)CC1. The average Bonchev–Trinajstić information content (AvgIpc) is 2.53. The molecule has 22 heavy (non-hydrogen) atoms. The van der Waals surface area contributed by atoms with Crippen LogP contribution < -0.4 is 5.32 Å². The van der Waals surface area contributed by atoms with E-state index in [0.717, 1.165) is 23.1 Å². The summed E-state index contributed by atoms with van der Waals surface area (Å²) in [4.78, 5) is 27.4. The molecule has 1 N–H and O–H groups in total. The van der Waals surface area contributed by atoms with Gasteiger partial charge in [-0.25, -0.2) is 0 Å². The van der Waals surface area contributed by atoms with Gasteiger partial charge in [-0.3, -0.25) is 14.5 Å². The molecule has 0 spiro atoms. The monoisotopic (exact) mass is 365 g/mol. The third-order valence-corrected chi connectivity index (χ3v) is 4.09. The van der Waals surface area contributed by atoms with Gasteiger partial charge in [-0.15, -0.1) is 0 Å². The number of likely N-dealkylation sites (N-methyl/N-ethyl adjacent to an activating group) is 1. The van der Waals surface area contributed by atoms with E-state index in [4.69, 9.17) is 0 Å². The van der Waals surface area contributed by atoms with Gasteiger partial charge in [-0.1, -0.05) is 28.1 Å². The van der Waals surface area contributed by atoms with Crippen LogP contribution in [-0.2, 0) is 9.59 Å². The molecule has 0 atom stereocenters. The van der Waals surface area contributed by atoms with Crippen molar-refractivity contribution in [2.75, 3.05) is 39.8 Å². The van der Waals surface area contributed by atoms with Crippen molar-refractivity contribution in [2.24, 2.45) is 0 Å². The molecule has 2 amide bonds. The molecule has 0 radical (unpaired) electrons. The van der Waals surface area contributed by atoms with Gasteiger partial charge in [0, 0.05) is 43.8 Å². The molecule has 0 aliphatic carbocycles. The summed E-state index contributed by atoms with van der Waals surface area (Å²) in [7, 11) is 1.63. The number of carbonyl (C=O) groups excluding carboxylic acids is 2. The van der Waals surface area contributed by atoms with Crippen LogP contribution in [0.15, 0.2) is 34.8 Å². The number of nitrogens with zero attached hydrogens (tertiary/aromatic N) is 2. The van der Waals surface area contributed by atoms with Gasteiger partial charge in [0.15, 0.2) is 0 Å². The Labute approximate surface area is 139 Å². The quantitative estimate of drug-likeness (QED) is 0.819. The van der Waals surface area contributed by atoms with Crippen LogP contribution in [0.4, 0.5) is 0 Å². The van der Waals surface area contributed by atoms with Gasteiger partial charge < -0.3 is 10.2 Å².